The van der Waals surface area contributed by atoms with Crippen LogP contribution in [0.3, 0.4) is 0 Å². The lowest BCUT2D eigenvalue weighted by Crippen LogP contribution is -2.46. The Morgan fingerprint density at radius 3 is 1.07 bits per heavy atom. The quantitative estimate of drug-likeness (QED) is 0.0272. The minimum Gasteiger partial charge on any atom is -0.756 e. The summed E-state index contributed by atoms with van der Waals surface area (Å²) in [5, 5.41) is 14.1. The van der Waals surface area contributed by atoms with E-state index in [2.05, 4.69) is 31.3 Å². The Balaban J connectivity index is 3.97. The number of unbranched alkanes of at least 4 members (excludes halogenated alkanes) is 46. The minimum absolute atomic E-state index is 0.0158. The van der Waals surface area contributed by atoms with E-state index in [0.29, 0.717) is 23.9 Å². The van der Waals surface area contributed by atoms with Crippen LogP contribution in [-0.4, -0.2) is 68.5 Å². The van der Waals surface area contributed by atoms with Gasteiger partial charge in [0.1, 0.15) is 13.2 Å². The summed E-state index contributed by atoms with van der Waals surface area (Å²) in [4.78, 5) is 25.6. The van der Waals surface area contributed by atoms with E-state index in [0.717, 1.165) is 38.5 Å². The number of allylic oxidation sites excluding steroid dienone is 2. The predicted molar refractivity (Wildman–Crippen MR) is 316 cm³/mol. The molecule has 8 nitrogen and oxygen atoms in total. The number of aliphatic hydroxyl groups is 1. The molecule has 0 fully saturated rings. The maximum absolute atomic E-state index is 13.0. The zero-order valence-electron chi connectivity index (χ0n) is 49.9. The molecule has 0 saturated heterocycles. The van der Waals surface area contributed by atoms with Crippen LogP contribution in [-0.2, 0) is 18.4 Å². The van der Waals surface area contributed by atoms with E-state index < -0.39 is 20.0 Å². The van der Waals surface area contributed by atoms with Gasteiger partial charge in [-0.3, -0.25) is 9.36 Å². The fourth-order valence-electron chi connectivity index (χ4n) is 10.2. The number of hydrogen-bond donors (Lipinski definition) is 2. The Hall–Kier alpha value is -0.760. The third-order valence-corrected chi connectivity index (χ3v) is 16.2. The first-order valence-electron chi connectivity index (χ1n) is 32.5. The molecule has 0 aliphatic carbocycles. The number of rotatable bonds is 61. The van der Waals surface area contributed by atoms with E-state index in [1.54, 1.807) is 0 Å². The Morgan fingerprint density at radius 1 is 0.466 bits per heavy atom. The highest BCUT2D eigenvalue weighted by Gasteiger charge is 2.24. The van der Waals surface area contributed by atoms with Crippen LogP contribution in [0.2, 0.25) is 0 Å². The van der Waals surface area contributed by atoms with Gasteiger partial charge >= 0.3 is 0 Å². The standard InChI is InChI=1S/C64H129N2O6P/c1-6-8-10-12-14-16-18-20-22-24-26-27-28-29-30-31-32-33-34-35-36-37-38-39-40-42-44-46-48-50-52-54-56-58-64(68)65-62(61-72-73(69,70)71-60-59-66(3,4)5)63(67)57-55-53-51-49-47-45-43-41-25-23-21-19-17-15-13-11-9-7-2/h24,26,62-63,67H,6-23,25,27-61H2,1-5H3,(H-,65,68,69,70)/b26-24-. The summed E-state index contributed by atoms with van der Waals surface area (Å²) in [5.41, 5.74) is 0. The summed E-state index contributed by atoms with van der Waals surface area (Å²) in [6.07, 6.45) is 69.9. The molecule has 73 heavy (non-hydrogen) atoms. The molecule has 2 N–H and O–H groups in total. The zero-order chi connectivity index (χ0) is 53.5. The van der Waals surface area contributed by atoms with Crippen LogP contribution in [0.5, 0.6) is 0 Å². The topological polar surface area (TPSA) is 108 Å². The van der Waals surface area contributed by atoms with Crippen molar-refractivity contribution in [2.24, 2.45) is 0 Å². The zero-order valence-corrected chi connectivity index (χ0v) is 50.8. The predicted octanol–water partition coefficient (Wildman–Crippen LogP) is 19.5. The molecule has 0 bridgehead atoms. The Labute approximate surface area is 456 Å². The van der Waals surface area contributed by atoms with Crippen molar-refractivity contribution >= 4 is 13.7 Å². The van der Waals surface area contributed by atoms with Crippen LogP contribution in [0.25, 0.3) is 0 Å². The van der Waals surface area contributed by atoms with Gasteiger partial charge in [-0.15, -0.1) is 0 Å². The second kappa shape index (κ2) is 56.0. The van der Waals surface area contributed by atoms with Crippen molar-refractivity contribution < 1.29 is 32.9 Å². The number of quaternary nitrogens is 1. The lowest BCUT2D eigenvalue weighted by Gasteiger charge is -2.30. The van der Waals surface area contributed by atoms with Crippen molar-refractivity contribution in [1.29, 1.82) is 0 Å². The van der Waals surface area contributed by atoms with E-state index in [-0.39, 0.29) is 19.1 Å². The average molecular weight is 1050 g/mol. The van der Waals surface area contributed by atoms with Gasteiger partial charge in [0.2, 0.25) is 5.91 Å². The molecule has 0 aliphatic heterocycles. The monoisotopic (exact) mass is 1050 g/mol. The molecule has 3 unspecified atom stereocenters. The highest BCUT2D eigenvalue weighted by atomic mass is 31.2. The summed E-state index contributed by atoms with van der Waals surface area (Å²) in [6, 6.07) is -0.797. The van der Waals surface area contributed by atoms with Crippen LogP contribution < -0.4 is 10.2 Å². The van der Waals surface area contributed by atoms with Crippen LogP contribution in [0.4, 0.5) is 0 Å². The molecule has 0 aromatic carbocycles. The molecule has 0 radical (unpaired) electrons. The van der Waals surface area contributed by atoms with Crippen molar-refractivity contribution in [2.75, 3.05) is 40.9 Å². The molecule has 0 aromatic rings. The van der Waals surface area contributed by atoms with Gasteiger partial charge < -0.3 is 28.8 Å². The Morgan fingerprint density at radius 2 is 0.753 bits per heavy atom. The summed E-state index contributed by atoms with van der Waals surface area (Å²) in [6.45, 7) is 4.78. The fourth-order valence-corrected chi connectivity index (χ4v) is 10.9. The van der Waals surface area contributed by atoms with Gasteiger partial charge in [0, 0.05) is 6.42 Å². The second-order valence-corrected chi connectivity index (χ2v) is 25.2. The van der Waals surface area contributed by atoms with E-state index in [4.69, 9.17) is 9.05 Å². The number of hydrogen-bond acceptors (Lipinski definition) is 6. The van der Waals surface area contributed by atoms with Crippen molar-refractivity contribution in [3.8, 4) is 0 Å². The number of carbonyl (C=O) groups is 1. The van der Waals surface area contributed by atoms with Gasteiger partial charge in [-0.2, -0.15) is 0 Å². The van der Waals surface area contributed by atoms with Gasteiger partial charge in [0.05, 0.1) is 39.9 Å². The number of aliphatic hydroxyl groups excluding tert-OH is 1. The lowest BCUT2D eigenvalue weighted by atomic mass is 10.0. The van der Waals surface area contributed by atoms with Crippen molar-refractivity contribution in [1.82, 2.24) is 5.32 Å². The first-order chi connectivity index (χ1) is 35.5. The molecule has 9 heteroatoms. The number of likely N-dealkylation sites (N-methyl/N-ethyl adjacent to an activating group) is 1. The normalized spacial score (nSPS) is 13.8. The molecule has 0 heterocycles. The number of nitrogens with one attached hydrogen (secondary N) is 1. The van der Waals surface area contributed by atoms with E-state index in [9.17, 15) is 19.4 Å². The van der Waals surface area contributed by atoms with E-state index >= 15 is 0 Å². The van der Waals surface area contributed by atoms with Gasteiger partial charge in [-0.1, -0.05) is 309 Å². The molecule has 436 valence electrons. The summed E-state index contributed by atoms with van der Waals surface area (Å²) < 4.78 is 23.5. The van der Waals surface area contributed by atoms with Crippen molar-refractivity contribution in [2.45, 2.75) is 353 Å². The Kier molecular flexibility index (Phi) is 55.4. The summed E-state index contributed by atoms with van der Waals surface area (Å²) >= 11 is 0. The number of carbonyl (C=O) groups excluding carboxylic acids is 1. The lowest BCUT2D eigenvalue weighted by molar-refractivity contribution is -0.870. The molecule has 1 amide bonds. The number of amides is 1. The van der Waals surface area contributed by atoms with E-state index in [1.807, 2.05) is 21.1 Å². The van der Waals surface area contributed by atoms with Crippen LogP contribution >= 0.6 is 7.82 Å². The summed E-state index contributed by atoms with van der Waals surface area (Å²) in [7, 11) is 1.32. The van der Waals surface area contributed by atoms with Crippen molar-refractivity contribution in [3.63, 3.8) is 0 Å². The number of nitrogens with zero attached hydrogens (tertiary/aromatic N) is 1. The molecule has 0 saturated carbocycles. The average Bonchev–Trinajstić information content (AvgIpc) is 3.35. The summed E-state index contributed by atoms with van der Waals surface area (Å²) in [5.74, 6) is -0.156. The third-order valence-electron chi connectivity index (χ3n) is 15.3. The molecule has 0 spiro atoms. The molecular weight excluding hydrogens is 924 g/mol. The highest BCUT2D eigenvalue weighted by molar-refractivity contribution is 7.45. The van der Waals surface area contributed by atoms with Gasteiger partial charge in [0.15, 0.2) is 0 Å². The molecular formula is C64H129N2O6P. The Bertz CT molecular complexity index is 1200. The first-order valence-corrected chi connectivity index (χ1v) is 34.0. The fraction of sp³-hybridized carbons (Fsp3) is 0.953. The number of phosphoric acid groups is 1. The molecule has 0 rings (SSSR count). The maximum atomic E-state index is 13.0. The van der Waals surface area contributed by atoms with Crippen LogP contribution in [0, 0.1) is 0 Å². The number of phosphoric ester groups is 1. The minimum atomic E-state index is -4.57. The first kappa shape index (κ1) is 72.2. The highest BCUT2D eigenvalue weighted by Crippen LogP contribution is 2.38. The second-order valence-electron chi connectivity index (χ2n) is 23.8. The molecule has 0 aliphatic rings. The maximum Gasteiger partial charge on any atom is 0.268 e. The smallest absolute Gasteiger partial charge is 0.268 e. The molecule has 3 atom stereocenters. The third kappa shape index (κ3) is 58.8. The van der Waals surface area contributed by atoms with Gasteiger partial charge in [-0.05, 0) is 38.5 Å². The van der Waals surface area contributed by atoms with Gasteiger partial charge in [-0.25, -0.2) is 0 Å². The van der Waals surface area contributed by atoms with Crippen molar-refractivity contribution in [3.05, 3.63) is 12.2 Å². The van der Waals surface area contributed by atoms with E-state index in [1.165, 1.54) is 276 Å². The largest absolute Gasteiger partial charge is 0.756 e. The van der Waals surface area contributed by atoms with Crippen LogP contribution in [0.15, 0.2) is 12.2 Å². The SMILES string of the molecule is CCCCCCCCCC/C=C\CCCCCCCCCCCCCCCCCCCCCCCC(=O)NC(COP(=O)([O-])OCC[N+](C)(C)C)C(O)CCCCCCCCCCCCCCCCCCCC. The van der Waals surface area contributed by atoms with Gasteiger partial charge in [0.25, 0.3) is 7.82 Å². The van der Waals surface area contributed by atoms with Crippen LogP contribution in [0.1, 0.15) is 341 Å². The molecule has 0 aromatic heterocycles.